The van der Waals surface area contributed by atoms with E-state index in [9.17, 15) is 0 Å². The van der Waals surface area contributed by atoms with Gasteiger partial charge in [0.25, 0.3) is 0 Å². The molecule has 1 heterocycles. The van der Waals surface area contributed by atoms with Crippen molar-refractivity contribution in [3.63, 3.8) is 0 Å². The van der Waals surface area contributed by atoms with Crippen LogP contribution in [0.1, 0.15) is 36.8 Å². The Morgan fingerprint density at radius 3 is 2.62 bits per heavy atom. The first-order chi connectivity index (χ1) is 11.7. The predicted octanol–water partition coefficient (Wildman–Crippen LogP) is 3.64. The zero-order chi connectivity index (χ0) is 16.8. The number of rotatable bonds is 5. The highest BCUT2D eigenvalue weighted by molar-refractivity contribution is 5.92. The minimum absolute atomic E-state index is 0.329. The molecule has 0 atom stereocenters. The topological polar surface area (TPSA) is 72.5 Å². The maximum atomic E-state index is 5.92. The SMILES string of the molecule is Cc1ccc(NC(N)=NCc2ccc(OC3CCCC3)nc2)cc1. The fourth-order valence-electron chi connectivity index (χ4n) is 2.75. The summed E-state index contributed by atoms with van der Waals surface area (Å²) in [6.45, 7) is 2.54. The Balaban J connectivity index is 1.52. The highest BCUT2D eigenvalue weighted by atomic mass is 16.5. The minimum Gasteiger partial charge on any atom is -0.474 e. The van der Waals surface area contributed by atoms with E-state index in [1.807, 2.05) is 43.3 Å². The van der Waals surface area contributed by atoms with Crippen LogP contribution in [0.3, 0.4) is 0 Å². The third-order valence-electron chi connectivity index (χ3n) is 4.14. The van der Waals surface area contributed by atoms with Crippen molar-refractivity contribution in [2.24, 2.45) is 10.7 Å². The summed E-state index contributed by atoms with van der Waals surface area (Å²) in [5.41, 5.74) is 9.07. The lowest BCUT2D eigenvalue weighted by atomic mass is 10.2. The third-order valence-corrected chi connectivity index (χ3v) is 4.14. The lowest BCUT2D eigenvalue weighted by Crippen LogP contribution is -2.22. The normalized spacial score (nSPS) is 15.5. The highest BCUT2D eigenvalue weighted by Crippen LogP contribution is 2.22. The lowest BCUT2D eigenvalue weighted by molar-refractivity contribution is 0.201. The van der Waals surface area contributed by atoms with E-state index in [1.54, 1.807) is 6.20 Å². The van der Waals surface area contributed by atoms with Crippen molar-refractivity contribution in [3.05, 3.63) is 53.7 Å². The van der Waals surface area contributed by atoms with Crippen LogP contribution in [0.4, 0.5) is 5.69 Å². The van der Waals surface area contributed by atoms with Crippen LogP contribution in [0, 0.1) is 6.92 Å². The summed E-state index contributed by atoms with van der Waals surface area (Å²) < 4.78 is 5.86. The van der Waals surface area contributed by atoms with E-state index < -0.39 is 0 Å². The minimum atomic E-state index is 0.329. The van der Waals surface area contributed by atoms with Gasteiger partial charge < -0.3 is 15.8 Å². The second-order valence-electron chi connectivity index (χ2n) is 6.22. The molecule has 5 heteroatoms. The molecule has 0 radical (unpaired) electrons. The quantitative estimate of drug-likeness (QED) is 0.650. The number of nitrogens with zero attached hydrogens (tertiary/aromatic N) is 2. The summed E-state index contributed by atoms with van der Waals surface area (Å²) in [7, 11) is 0. The van der Waals surface area contributed by atoms with Gasteiger partial charge in [-0.05, 0) is 50.3 Å². The number of ether oxygens (including phenoxy) is 1. The van der Waals surface area contributed by atoms with Crippen molar-refractivity contribution in [3.8, 4) is 5.88 Å². The Kier molecular flexibility index (Phi) is 5.31. The first-order valence-electron chi connectivity index (χ1n) is 8.44. The van der Waals surface area contributed by atoms with Gasteiger partial charge in [0.1, 0.15) is 6.10 Å². The van der Waals surface area contributed by atoms with Crippen LogP contribution in [0.5, 0.6) is 5.88 Å². The number of benzene rings is 1. The van der Waals surface area contributed by atoms with E-state index in [-0.39, 0.29) is 0 Å². The number of anilines is 1. The molecule has 1 aliphatic carbocycles. The second kappa shape index (κ2) is 7.81. The van der Waals surface area contributed by atoms with E-state index >= 15 is 0 Å². The van der Waals surface area contributed by atoms with Gasteiger partial charge >= 0.3 is 0 Å². The molecular formula is C19H24N4O. The monoisotopic (exact) mass is 324 g/mol. The molecule has 0 spiro atoms. The van der Waals surface area contributed by atoms with Gasteiger partial charge in [-0.1, -0.05) is 23.8 Å². The zero-order valence-electron chi connectivity index (χ0n) is 14.0. The summed E-state index contributed by atoms with van der Waals surface area (Å²) in [6, 6.07) is 11.9. The summed E-state index contributed by atoms with van der Waals surface area (Å²) in [4.78, 5) is 8.71. The average molecular weight is 324 g/mol. The number of nitrogens with one attached hydrogen (secondary N) is 1. The third kappa shape index (κ3) is 4.72. The van der Waals surface area contributed by atoms with Crippen molar-refractivity contribution in [1.82, 2.24) is 4.98 Å². The molecule has 3 rings (SSSR count). The molecule has 1 fully saturated rings. The summed E-state index contributed by atoms with van der Waals surface area (Å²) in [6.07, 6.45) is 6.91. The highest BCUT2D eigenvalue weighted by Gasteiger charge is 2.16. The molecule has 3 N–H and O–H groups in total. The van der Waals surface area contributed by atoms with Gasteiger partial charge in [-0.2, -0.15) is 0 Å². The smallest absolute Gasteiger partial charge is 0.213 e. The van der Waals surface area contributed by atoms with Crippen LogP contribution in [0.15, 0.2) is 47.6 Å². The van der Waals surface area contributed by atoms with Gasteiger partial charge in [0, 0.05) is 18.0 Å². The summed E-state index contributed by atoms with van der Waals surface area (Å²) in [5, 5.41) is 3.08. The van der Waals surface area contributed by atoms with Gasteiger partial charge in [-0.15, -0.1) is 0 Å². The zero-order valence-corrected chi connectivity index (χ0v) is 14.0. The maximum absolute atomic E-state index is 5.92. The van der Waals surface area contributed by atoms with Crippen LogP contribution < -0.4 is 15.8 Å². The van der Waals surface area contributed by atoms with Crippen LogP contribution in [0.25, 0.3) is 0 Å². The molecule has 1 saturated carbocycles. The number of aromatic nitrogens is 1. The number of hydrogen-bond donors (Lipinski definition) is 2. The Bertz CT molecular complexity index is 674. The Morgan fingerprint density at radius 1 is 1.21 bits per heavy atom. The van der Waals surface area contributed by atoms with Gasteiger partial charge in [0.2, 0.25) is 5.88 Å². The lowest BCUT2D eigenvalue weighted by Gasteiger charge is -2.11. The number of aryl methyl sites for hydroxylation is 1. The van der Waals surface area contributed by atoms with Crippen molar-refractivity contribution >= 4 is 11.6 Å². The van der Waals surface area contributed by atoms with E-state index in [0.29, 0.717) is 24.5 Å². The number of pyridine rings is 1. The second-order valence-corrected chi connectivity index (χ2v) is 6.22. The van der Waals surface area contributed by atoms with Crippen LogP contribution in [0.2, 0.25) is 0 Å². The average Bonchev–Trinajstić information content (AvgIpc) is 3.09. The van der Waals surface area contributed by atoms with Gasteiger partial charge in [-0.25, -0.2) is 9.98 Å². The molecular weight excluding hydrogens is 300 g/mol. The van der Waals surface area contributed by atoms with Crippen molar-refractivity contribution in [2.45, 2.75) is 45.3 Å². The Hall–Kier alpha value is -2.56. The molecule has 0 bridgehead atoms. The first kappa shape index (κ1) is 16.3. The number of nitrogens with two attached hydrogens (primary N) is 1. The van der Waals surface area contributed by atoms with E-state index in [4.69, 9.17) is 10.5 Å². The maximum Gasteiger partial charge on any atom is 0.213 e. The fraction of sp³-hybridized carbons (Fsp3) is 0.368. The Morgan fingerprint density at radius 2 is 1.96 bits per heavy atom. The number of aliphatic imine (C=N–C) groups is 1. The van der Waals surface area contributed by atoms with Gasteiger partial charge in [0.15, 0.2) is 5.96 Å². The van der Waals surface area contributed by atoms with Crippen molar-refractivity contribution in [1.29, 1.82) is 0 Å². The van der Waals surface area contributed by atoms with Crippen LogP contribution in [-0.2, 0) is 6.54 Å². The molecule has 1 aromatic heterocycles. The molecule has 0 saturated heterocycles. The fourth-order valence-corrected chi connectivity index (χ4v) is 2.75. The molecule has 2 aromatic rings. The van der Waals surface area contributed by atoms with E-state index in [2.05, 4.69) is 15.3 Å². The molecule has 24 heavy (non-hydrogen) atoms. The summed E-state index contributed by atoms with van der Waals surface area (Å²) in [5.74, 6) is 1.09. The molecule has 126 valence electrons. The van der Waals surface area contributed by atoms with Crippen LogP contribution >= 0.6 is 0 Å². The van der Waals surface area contributed by atoms with Crippen molar-refractivity contribution < 1.29 is 4.74 Å². The van der Waals surface area contributed by atoms with E-state index in [0.717, 1.165) is 24.1 Å². The number of hydrogen-bond acceptors (Lipinski definition) is 3. The molecule has 0 aliphatic heterocycles. The molecule has 0 unspecified atom stereocenters. The first-order valence-corrected chi connectivity index (χ1v) is 8.44. The standard InChI is InChI=1S/C19H24N4O/c1-14-6-9-16(10-7-14)23-19(20)22-13-15-8-11-18(21-12-15)24-17-4-2-3-5-17/h6-12,17H,2-5,13H2,1H3,(H3,20,22,23). The molecule has 0 amide bonds. The summed E-state index contributed by atoms with van der Waals surface area (Å²) >= 11 is 0. The molecule has 5 nitrogen and oxygen atoms in total. The molecule has 1 aromatic carbocycles. The largest absolute Gasteiger partial charge is 0.474 e. The van der Waals surface area contributed by atoms with Crippen LogP contribution in [-0.4, -0.2) is 17.0 Å². The molecule has 1 aliphatic rings. The van der Waals surface area contributed by atoms with Gasteiger partial charge in [0.05, 0.1) is 6.54 Å². The van der Waals surface area contributed by atoms with Gasteiger partial charge in [-0.3, -0.25) is 0 Å². The Labute approximate surface area is 143 Å². The predicted molar refractivity (Wildman–Crippen MR) is 97.2 cm³/mol. The van der Waals surface area contributed by atoms with E-state index in [1.165, 1.54) is 18.4 Å². The van der Waals surface area contributed by atoms with Crippen molar-refractivity contribution in [2.75, 3.05) is 5.32 Å². The number of guanidine groups is 1.